The lowest BCUT2D eigenvalue weighted by Crippen LogP contribution is -2.62. The van der Waals surface area contributed by atoms with Gasteiger partial charge in [0.05, 0.1) is 5.02 Å². The van der Waals surface area contributed by atoms with Crippen LogP contribution >= 0.6 is 23.2 Å². The minimum atomic E-state index is 0.186. The number of ether oxygens (including phenoxy) is 1. The molecule has 18 heavy (non-hydrogen) atoms. The summed E-state index contributed by atoms with van der Waals surface area (Å²) in [7, 11) is 0. The van der Waals surface area contributed by atoms with Crippen LogP contribution in [-0.2, 0) is 0 Å². The van der Waals surface area contributed by atoms with Crippen molar-refractivity contribution in [3.05, 3.63) is 28.2 Å². The molecule has 2 aliphatic carbocycles. The summed E-state index contributed by atoms with van der Waals surface area (Å²) >= 11 is 12.1. The second kappa shape index (κ2) is 4.59. The van der Waals surface area contributed by atoms with Crippen LogP contribution in [-0.4, -0.2) is 12.1 Å². The summed E-state index contributed by atoms with van der Waals surface area (Å²) < 4.78 is 6.07. The van der Waals surface area contributed by atoms with Crippen molar-refractivity contribution in [1.29, 1.82) is 0 Å². The predicted octanol–water partition coefficient (Wildman–Crippen LogP) is 4.03. The monoisotopic (exact) mass is 285 g/mol. The molecule has 4 heteroatoms. The average molecular weight is 286 g/mol. The largest absolute Gasteiger partial charge is 0.488 e. The van der Waals surface area contributed by atoms with E-state index in [1.807, 2.05) is 0 Å². The highest BCUT2D eigenvalue weighted by Gasteiger charge is 2.56. The topological polar surface area (TPSA) is 35.2 Å². The summed E-state index contributed by atoms with van der Waals surface area (Å²) in [6.45, 7) is 0. The Kier molecular flexibility index (Phi) is 3.21. The maximum atomic E-state index is 6.19. The second-order valence-corrected chi connectivity index (χ2v) is 6.31. The molecule has 2 fully saturated rings. The first kappa shape index (κ1) is 12.6. The molecule has 0 aliphatic heterocycles. The predicted molar refractivity (Wildman–Crippen MR) is 74.4 cm³/mol. The Hall–Kier alpha value is -0.440. The maximum Gasteiger partial charge on any atom is 0.139 e. The molecule has 1 spiro atoms. The van der Waals surface area contributed by atoms with Gasteiger partial charge in [0.2, 0.25) is 0 Å². The van der Waals surface area contributed by atoms with Gasteiger partial charge in [-0.2, -0.15) is 0 Å². The van der Waals surface area contributed by atoms with Gasteiger partial charge in [-0.1, -0.05) is 36.0 Å². The molecule has 2 saturated carbocycles. The lowest BCUT2D eigenvalue weighted by molar-refractivity contribution is -0.0619. The van der Waals surface area contributed by atoms with Crippen molar-refractivity contribution in [2.75, 3.05) is 0 Å². The minimum Gasteiger partial charge on any atom is -0.488 e. The first-order valence-electron chi connectivity index (χ1n) is 6.49. The molecule has 0 bridgehead atoms. The van der Waals surface area contributed by atoms with E-state index in [1.165, 1.54) is 25.7 Å². The SMILES string of the molecule is NC1CC(Oc2cc(Cl)ccc2Cl)C12CCCC2. The van der Waals surface area contributed by atoms with Crippen molar-refractivity contribution in [2.24, 2.45) is 11.1 Å². The van der Waals surface area contributed by atoms with E-state index in [4.69, 9.17) is 33.7 Å². The molecule has 2 N–H and O–H groups in total. The van der Waals surface area contributed by atoms with Crippen molar-refractivity contribution < 1.29 is 4.74 Å². The normalized spacial score (nSPS) is 29.3. The molecule has 1 aromatic rings. The van der Waals surface area contributed by atoms with Gasteiger partial charge in [-0.3, -0.25) is 0 Å². The van der Waals surface area contributed by atoms with Crippen LogP contribution < -0.4 is 10.5 Å². The highest BCUT2D eigenvalue weighted by Crippen LogP contribution is 2.54. The van der Waals surface area contributed by atoms with Crippen LogP contribution in [0.5, 0.6) is 5.75 Å². The van der Waals surface area contributed by atoms with Gasteiger partial charge in [-0.05, 0) is 25.0 Å². The molecular formula is C14H17Cl2NO. The Morgan fingerprint density at radius 2 is 1.94 bits per heavy atom. The Morgan fingerprint density at radius 3 is 2.61 bits per heavy atom. The summed E-state index contributed by atoms with van der Waals surface area (Å²) in [6, 6.07) is 5.62. The molecule has 1 aromatic carbocycles. The van der Waals surface area contributed by atoms with Gasteiger partial charge in [0.1, 0.15) is 11.9 Å². The van der Waals surface area contributed by atoms with Crippen LogP contribution in [0.4, 0.5) is 0 Å². The van der Waals surface area contributed by atoms with E-state index >= 15 is 0 Å². The molecule has 2 unspecified atom stereocenters. The van der Waals surface area contributed by atoms with Gasteiger partial charge < -0.3 is 10.5 Å². The van der Waals surface area contributed by atoms with Crippen molar-refractivity contribution in [3.63, 3.8) is 0 Å². The zero-order chi connectivity index (χ0) is 12.8. The van der Waals surface area contributed by atoms with Gasteiger partial charge in [0, 0.05) is 29.0 Å². The molecule has 0 amide bonds. The van der Waals surface area contributed by atoms with Crippen LogP contribution in [0.2, 0.25) is 10.0 Å². The number of halogens is 2. The Bertz CT molecular complexity index is 457. The highest BCUT2D eigenvalue weighted by atomic mass is 35.5. The van der Waals surface area contributed by atoms with E-state index in [0.717, 1.165) is 6.42 Å². The number of nitrogens with two attached hydrogens (primary N) is 1. The summed E-state index contributed by atoms with van der Waals surface area (Å²) in [5.74, 6) is 0.687. The molecule has 0 saturated heterocycles. The zero-order valence-electron chi connectivity index (χ0n) is 10.2. The van der Waals surface area contributed by atoms with E-state index in [-0.39, 0.29) is 17.6 Å². The standard InChI is InChI=1S/C14H17Cl2NO/c15-9-3-4-10(16)11(7-9)18-13-8-12(17)14(13)5-1-2-6-14/h3-4,7,12-13H,1-2,5-6,8,17H2. The van der Waals surface area contributed by atoms with Crippen LogP contribution in [0.3, 0.4) is 0 Å². The quantitative estimate of drug-likeness (QED) is 0.890. The number of hydrogen-bond acceptors (Lipinski definition) is 2. The fourth-order valence-corrected chi connectivity index (χ4v) is 3.71. The number of hydrogen-bond donors (Lipinski definition) is 1. The minimum absolute atomic E-state index is 0.186. The van der Waals surface area contributed by atoms with Gasteiger partial charge in [-0.15, -0.1) is 0 Å². The van der Waals surface area contributed by atoms with Crippen LogP contribution in [0, 0.1) is 5.41 Å². The van der Waals surface area contributed by atoms with Crippen LogP contribution in [0.15, 0.2) is 18.2 Å². The molecule has 2 atom stereocenters. The van der Waals surface area contributed by atoms with Crippen molar-refractivity contribution in [2.45, 2.75) is 44.2 Å². The fraction of sp³-hybridized carbons (Fsp3) is 0.571. The lowest BCUT2D eigenvalue weighted by Gasteiger charge is -2.52. The first-order chi connectivity index (χ1) is 8.62. The maximum absolute atomic E-state index is 6.19. The highest BCUT2D eigenvalue weighted by molar-refractivity contribution is 6.34. The van der Waals surface area contributed by atoms with E-state index in [0.29, 0.717) is 15.8 Å². The molecule has 3 rings (SSSR count). The number of benzene rings is 1. The zero-order valence-corrected chi connectivity index (χ0v) is 11.7. The Balaban J connectivity index is 1.79. The van der Waals surface area contributed by atoms with E-state index in [2.05, 4.69) is 0 Å². The average Bonchev–Trinajstić information content (AvgIpc) is 2.85. The van der Waals surface area contributed by atoms with E-state index < -0.39 is 0 Å². The van der Waals surface area contributed by atoms with Gasteiger partial charge in [-0.25, -0.2) is 0 Å². The second-order valence-electron chi connectivity index (χ2n) is 5.46. The van der Waals surface area contributed by atoms with Gasteiger partial charge in [0.15, 0.2) is 0 Å². The fourth-order valence-electron chi connectivity index (χ4n) is 3.39. The summed E-state index contributed by atoms with van der Waals surface area (Å²) in [5.41, 5.74) is 6.38. The van der Waals surface area contributed by atoms with Gasteiger partial charge >= 0.3 is 0 Å². The molecule has 0 heterocycles. The van der Waals surface area contributed by atoms with Crippen LogP contribution in [0.25, 0.3) is 0 Å². The molecular weight excluding hydrogens is 269 g/mol. The first-order valence-corrected chi connectivity index (χ1v) is 7.25. The van der Waals surface area contributed by atoms with E-state index in [9.17, 15) is 0 Å². The van der Waals surface area contributed by atoms with Crippen molar-refractivity contribution in [1.82, 2.24) is 0 Å². The third kappa shape index (κ3) is 1.91. The third-order valence-electron chi connectivity index (χ3n) is 4.54. The lowest BCUT2D eigenvalue weighted by atomic mass is 9.61. The smallest absolute Gasteiger partial charge is 0.139 e. The molecule has 0 radical (unpaired) electrons. The number of rotatable bonds is 2. The third-order valence-corrected chi connectivity index (χ3v) is 5.09. The van der Waals surface area contributed by atoms with Crippen molar-refractivity contribution in [3.8, 4) is 5.75 Å². The van der Waals surface area contributed by atoms with Gasteiger partial charge in [0.25, 0.3) is 0 Å². The summed E-state index contributed by atoms with van der Waals surface area (Å²) in [5, 5.41) is 1.27. The molecule has 2 nitrogen and oxygen atoms in total. The molecule has 2 aliphatic rings. The molecule has 0 aromatic heterocycles. The molecule has 98 valence electrons. The Morgan fingerprint density at radius 1 is 1.22 bits per heavy atom. The van der Waals surface area contributed by atoms with Crippen molar-refractivity contribution >= 4 is 23.2 Å². The summed E-state index contributed by atoms with van der Waals surface area (Å²) in [4.78, 5) is 0. The van der Waals surface area contributed by atoms with E-state index in [1.54, 1.807) is 18.2 Å². The Labute approximate surface area is 117 Å². The van der Waals surface area contributed by atoms with Crippen LogP contribution in [0.1, 0.15) is 32.1 Å². The summed E-state index contributed by atoms with van der Waals surface area (Å²) in [6.07, 6.45) is 6.00.